The molecule has 0 amide bonds. The number of rotatable bonds is 5. The zero-order valence-corrected chi connectivity index (χ0v) is 17.9. The molecule has 1 N–H and O–H groups in total. The smallest absolute Gasteiger partial charge is 0.334 e. The first kappa shape index (κ1) is 19.3. The SMILES string of the molecule is CCOCCn1ccc2cc(-n3c(=O)[nH]c4sc5c(c4c3=O)CCCCC5)ccc21. The zero-order chi connectivity index (χ0) is 20.7. The Balaban J connectivity index is 1.62. The van der Waals surface area contributed by atoms with Crippen molar-refractivity contribution in [2.24, 2.45) is 0 Å². The molecular formula is C23H25N3O3S. The lowest BCUT2D eigenvalue weighted by Crippen LogP contribution is -2.33. The summed E-state index contributed by atoms with van der Waals surface area (Å²) in [4.78, 5) is 31.2. The highest BCUT2D eigenvalue weighted by Crippen LogP contribution is 2.32. The van der Waals surface area contributed by atoms with Crippen LogP contribution in [0.5, 0.6) is 0 Å². The third-order valence-electron chi connectivity index (χ3n) is 5.96. The van der Waals surface area contributed by atoms with E-state index >= 15 is 0 Å². The molecule has 6 nitrogen and oxygen atoms in total. The van der Waals surface area contributed by atoms with E-state index in [0.29, 0.717) is 24.3 Å². The van der Waals surface area contributed by atoms with Crippen LogP contribution in [-0.4, -0.2) is 27.3 Å². The van der Waals surface area contributed by atoms with Crippen LogP contribution in [0.3, 0.4) is 0 Å². The average Bonchev–Trinajstić information content (AvgIpc) is 3.21. The van der Waals surface area contributed by atoms with E-state index < -0.39 is 0 Å². The Morgan fingerprint density at radius 2 is 2.00 bits per heavy atom. The normalized spacial score (nSPS) is 14.3. The van der Waals surface area contributed by atoms with Gasteiger partial charge in [0.05, 0.1) is 17.7 Å². The average molecular weight is 424 g/mol. The maximum Gasteiger partial charge on any atom is 0.334 e. The summed E-state index contributed by atoms with van der Waals surface area (Å²) in [5.74, 6) is 0. The molecule has 0 bridgehead atoms. The molecule has 0 saturated carbocycles. The van der Waals surface area contributed by atoms with E-state index in [2.05, 4.69) is 9.55 Å². The molecule has 0 fully saturated rings. The predicted molar refractivity (Wildman–Crippen MR) is 121 cm³/mol. The molecule has 1 aliphatic rings. The number of benzene rings is 1. The van der Waals surface area contributed by atoms with Crippen LogP contribution in [0.25, 0.3) is 26.8 Å². The number of hydrogen-bond acceptors (Lipinski definition) is 4. The van der Waals surface area contributed by atoms with Crippen LogP contribution in [0.15, 0.2) is 40.1 Å². The van der Waals surface area contributed by atoms with Crippen molar-refractivity contribution in [3.63, 3.8) is 0 Å². The lowest BCUT2D eigenvalue weighted by molar-refractivity contribution is 0.140. The monoisotopic (exact) mass is 423 g/mol. The quantitative estimate of drug-likeness (QED) is 0.390. The minimum absolute atomic E-state index is 0.205. The van der Waals surface area contributed by atoms with Crippen molar-refractivity contribution in [1.29, 1.82) is 0 Å². The fraction of sp³-hybridized carbons (Fsp3) is 0.391. The number of fused-ring (bicyclic) bond motifs is 4. The minimum Gasteiger partial charge on any atom is -0.380 e. The topological polar surface area (TPSA) is 69.0 Å². The summed E-state index contributed by atoms with van der Waals surface area (Å²) in [6.07, 6.45) is 7.36. The van der Waals surface area contributed by atoms with Crippen LogP contribution >= 0.6 is 11.3 Å². The van der Waals surface area contributed by atoms with Gasteiger partial charge in [0.1, 0.15) is 4.83 Å². The van der Waals surface area contributed by atoms with Gasteiger partial charge in [0.2, 0.25) is 0 Å². The first-order chi connectivity index (χ1) is 14.7. The summed E-state index contributed by atoms with van der Waals surface area (Å²) in [6, 6.07) is 7.76. The predicted octanol–water partition coefficient (Wildman–Crippen LogP) is 4.00. The van der Waals surface area contributed by atoms with Crippen molar-refractivity contribution < 1.29 is 4.74 Å². The first-order valence-corrected chi connectivity index (χ1v) is 11.5. The maximum absolute atomic E-state index is 13.4. The lowest BCUT2D eigenvalue weighted by atomic mass is 10.1. The number of aryl methyl sites for hydroxylation is 2. The Morgan fingerprint density at radius 1 is 1.13 bits per heavy atom. The number of aromatic nitrogens is 3. The molecule has 1 aromatic carbocycles. The van der Waals surface area contributed by atoms with Crippen molar-refractivity contribution >= 4 is 32.5 Å². The van der Waals surface area contributed by atoms with Crippen LogP contribution < -0.4 is 11.2 Å². The van der Waals surface area contributed by atoms with Gasteiger partial charge in [0.15, 0.2) is 0 Å². The molecule has 3 heterocycles. The standard InChI is InChI=1S/C23H25N3O3S/c1-2-29-13-12-25-11-10-15-14-16(8-9-18(15)25)26-22(27)20-17-6-4-3-5-7-19(17)30-21(20)24-23(26)28/h8-11,14H,2-7,12-13H2,1H3,(H,24,28). The fourth-order valence-corrected chi connectivity index (χ4v) is 5.75. The molecule has 0 atom stereocenters. The van der Waals surface area contributed by atoms with Crippen molar-refractivity contribution in [2.75, 3.05) is 13.2 Å². The Kier molecular flexibility index (Phi) is 5.08. The molecule has 156 valence electrons. The number of aromatic amines is 1. The molecule has 30 heavy (non-hydrogen) atoms. The Labute approximate surface area is 177 Å². The molecule has 0 spiro atoms. The number of nitrogens with one attached hydrogen (secondary N) is 1. The summed E-state index contributed by atoms with van der Waals surface area (Å²) in [7, 11) is 0. The fourth-order valence-electron chi connectivity index (χ4n) is 4.48. The van der Waals surface area contributed by atoms with Gasteiger partial charge in [-0.05, 0) is 62.4 Å². The molecule has 0 saturated heterocycles. The number of ether oxygens (including phenoxy) is 1. The van der Waals surface area contributed by atoms with Gasteiger partial charge in [-0.2, -0.15) is 0 Å². The summed E-state index contributed by atoms with van der Waals surface area (Å²) in [5, 5.41) is 1.70. The third kappa shape index (κ3) is 3.22. The molecule has 3 aromatic heterocycles. The summed E-state index contributed by atoms with van der Waals surface area (Å²) < 4.78 is 8.87. The van der Waals surface area contributed by atoms with E-state index in [9.17, 15) is 9.59 Å². The highest BCUT2D eigenvalue weighted by Gasteiger charge is 2.20. The second-order valence-corrected chi connectivity index (χ2v) is 8.89. The van der Waals surface area contributed by atoms with E-state index in [4.69, 9.17) is 4.74 Å². The lowest BCUT2D eigenvalue weighted by Gasteiger charge is -2.08. The molecule has 4 aromatic rings. The molecule has 0 unspecified atom stereocenters. The second kappa shape index (κ2) is 7.89. The highest BCUT2D eigenvalue weighted by atomic mass is 32.1. The van der Waals surface area contributed by atoms with E-state index in [1.54, 1.807) is 11.3 Å². The van der Waals surface area contributed by atoms with Gasteiger partial charge in [0, 0.05) is 35.1 Å². The van der Waals surface area contributed by atoms with Crippen molar-refractivity contribution in [1.82, 2.24) is 14.1 Å². The summed E-state index contributed by atoms with van der Waals surface area (Å²) in [5.41, 5.74) is 2.23. The summed E-state index contributed by atoms with van der Waals surface area (Å²) >= 11 is 1.58. The Morgan fingerprint density at radius 3 is 2.87 bits per heavy atom. The van der Waals surface area contributed by atoms with Gasteiger partial charge in [-0.15, -0.1) is 11.3 Å². The molecule has 0 radical (unpaired) electrons. The first-order valence-electron chi connectivity index (χ1n) is 10.6. The summed E-state index contributed by atoms with van der Waals surface area (Å²) in [6.45, 7) is 4.10. The Bertz CT molecular complexity index is 1340. The van der Waals surface area contributed by atoms with Gasteiger partial charge in [-0.25, -0.2) is 9.36 Å². The van der Waals surface area contributed by atoms with Crippen LogP contribution in [0, 0.1) is 0 Å². The minimum atomic E-state index is -0.376. The number of hydrogen-bond donors (Lipinski definition) is 1. The van der Waals surface area contributed by atoms with E-state index in [0.717, 1.165) is 53.5 Å². The van der Waals surface area contributed by atoms with Crippen LogP contribution in [0.1, 0.15) is 36.6 Å². The molecule has 1 aliphatic carbocycles. The largest absolute Gasteiger partial charge is 0.380 e. The molecule has 7 heteroatoms. The van der Waals surface area contributed by atoms with Crippen LogP contribution in [-0.2, 0) is 24.1 Å². The van der Waals surface area contributed by atoms with Crippen LogP contribution in [0.2, 0.25) is 0 Å². The van der Waals surface area contributed by atoms with Crippen molar-refractivity contribution in [3.05, 3.63) is 61.7 Å². The van der Waals surface area contributed by atoms with Crippen molar-refractivity contribution in [2.45, 2.75) is 45.6 Å². The molecule has 5 rings (SSSR count). The van der Waals surface area contributed by atoms with Crippen LogP contribution in [0.4, 0.5) is 0 Å². The van der Waals surface area contributed by atoms with Gasteiger partial charge >= 0.3 is 5.69 Å². The maximum atomic E-state index is 13.4. The molecular weight excluding hydrogens is 398 g/mol. The van der Waals surface area contributed by atoms with Gasteiger partial charge in [-0.1, -0.05) is 6.42 Å². The van der Waals surface area contributed by atoms with Gasteiger partial charge < -0.3 is 9.30 Å². The second-order valence-electron chi connectivity index (χ2n) is 7.79. The van der Waals surface area contributed by atoms with E-state index in [-0.39, 0.29) is 11.2 Å². The van der Waals surface area contributed by atoms with Gasteiger partial charge in [-0.3, -0.25) is 9.78 Å². The number of thiophene rings is 1. The number of nitrogens with zero attached hydrogens (tertiary/aromatic N) is 2. The van der Waals surface area contributed by atoms with Crippen molar-refractivity contribution in [3.8, 4) is 5.69 Å². The third-order valence-corrected chi connectivity index (χ3v) is 7.16. The van der Waals surface area contributed by atoms with E-state index in [1.165, 1.54) is 15.9 Å². The number of H-pyrrole nitrogens is 1. The van der Waals surface area contributed by atoms with Gasteiger partial charge in [0.25, 0.3) is 5.56 Å². The Hall–Kier alpha value is -2.64. The zero-order valence-electron chi connectivity index (χ0n) is 17.1. The molecule has 0 aliphatic heterocycles. The van der Waals surface area contributed by atoms with E-state index in [1.807, 2.05) is 37.4 Å². The highest BCUT2D eigenvalue weighted by molar-refractivity contribution is 7.18.